The van der Waals surface area contributed by atoms with Crippen molar-refractivity contribution in [2.75, 3.05) is 53.8 Å². The predicted molar refractivity (Wildman–Crippen MR) is 181 cm³/mol. The van der Waals surface area contributed by atoms with Gasteiger partial charge in [-0.05, 0) is 55.2 Å². The number of fused-ring (bicyclic) bond motifs is 2. The van der Waals surface area contributed by atoms with E-state index >= 15 is 0 Å². The topological polar surface area (TPSA) is 165 Å². The van der Waals surface area contributed by atoms with E-state index in [1.165, 1.54) is 32.3 Å². The summed E-state index contributed by atoms with van der Waals surface area (Å²) < 4.78 is 57.7. The number of carbonyl (C=O) groups excluding carboxylic acids is 1. The fourth-order valence-corrected chi connectivity index (χ4v) is 8.51. The van der Waals surface area contributed by atoms with Gasteiger partial charge in [0, 0.05) is 39.2 Å². The van der Waals surface area contributed by atoms with Gasteiger partial charge in [-0.2, -0.15) is 4.31 Å². The third kappa shape index (κ3) is 8.99. The van der Waals surface area contributed by atoms with Crippen LogP contribution in [0, 0.1) is 11.3 Å². The van der Waals surface area contributed by atoms with Gasteiger partial charge in [-0.3, -0.25) is 4.90 Å². The molecule has 50 heavy (non-hydrogen) atoms. The Morgan fingerprint density at radius 3 is 2.50 bits per heavy atom. The summed E-state index contributed by atoms with van der Waals surface area (Å²) in [4.78, 5) is 27.4. The van der Waals surface area contributed by atoms with Crippen molar-refractivity contribution in [2.24, 2.45) is 11.3 Å². The number of hydrogen-bond acceptors (Lipinski definition) is 10. The van der Waals surface area contributed by atoms with Crippen molar-refractivity contribution in [1.82, 2.24) is 14.1 Å². The summed E-state index contributed by atoms with van der Waals surface area (Å²) in [5, 5.41) is 22.7. The highest BCUT2D eigenvalue weighted by atomic mass is 32.2. The van der Waals surface area contributed by atoms with Crippen molar-refractivity contribution in [1.29, 1.82) is 0 Å². The van der Waals surface area contributed by atoms with E-state index in [9.17, 15) is 28.2 Å². The molecule has 5 rings (SSSR count). The van der Waals surface area contributed by atoms with Gasteiger partial charge in [0.25, 0.3) is 0 Å². The third-order valence-electron chi connectivity index (χ3n) is 9.49. The zero-order valence-electron chi connectivity index (χ0n) is 29.1. The number of unbranched alkanes of at least 4 members (excludes halogenated alkanes) is 1. The summed E-state index contributed by atoms with van der Waals surface area (Å²) in [6, 6.07) is 12.0. The summed E-state index contributed by atoms with van der Waals surface area (Å²) in [5.74, 6) is 0.520. The maximum atomic E-state index is 14.4. The van der Waals surface area contributed by atoms with Crippen LogP contribution >= 0.6 is 0 Å². The number of aliphatic hydroxyl groups excluding tert-OH is 1. The highest BCUT2D eigenvalue weighted by Gasteiger charge is 2.49. The smallest absolute Gasteiger partial charge is 0.409 e. The Labute approximate surface area is 293 Å². The van der Waals surface area contributed by atoms with Crippen LogP contribution in [0.5, 0.6) is 11.5 Å². The highest BCUT2D eigenvalue weighted by molar-refractivity contribution is 7.89. The van der Waals surface area contributed by atoms with Crippen LogP contribution in [0.3, 0.4) is 0 Å². The second-order valence-corrected chi connectivity index (χ2v) is 16.0. The quantitative estimate of drug-likeness (QED) is 0.241. The van der Waals surface area contributed by atoms with E-state index in [-0.39, 0.29) is 50.3 Å². The Bertz CT molecular complexity index is 1570. The van der Waals surface area contributed by atoms with Crippen molar-refractivity contribution in [3.63, 3.8) is 0 Å². The molecule has 0 bridgehead atoms. The maximum Gasteiger partial charge on any atom is 0.409 e. The molecule has 3 heterocycles. The van der Waals surface area contributed by atoms with Crippen molar-refractivity contribution < 1.29 is 51.9 Å². The zero-order valence-corrected chi connectivity index (χ0v) is 29.9. The number of carbonyl (C=O) groups is 2. The minimum Gasteiger partial charge on any atom is -0.465 e. The highest BCUT2D eigenvalue weighted by Crippen LogP contribution is 2.38. The number of rotatable bonds is 16. The maximum absolute atomic E-state index is 14.4. The van der Waals surface area contributed by atoms with E-state index in [2.05, 4.69) is 0 Å². The van der Waals surface area contributed by atoms with Crippen LogP contribution in [0.4, 0.5) is 9.59 Å². The van der Waals surface area contributed by atoms with Gasteiger partial charge in [-0.25, -0.2) is 18.0 Å². The molecular weight excluding hydrogens is 670 g/mol. The molecule has 0 spiro atoms. The number of benzene rings is 2. The van der Waals surface area contributed by atoms with Crippen LogP contribution in [-0.2, 0) is 30.7 Å². The molecule has 3 aliphatic rings. The monoisotopic (exact) mass is 719 g/mol. The summed E-state index contributed by atoms with van der Waals surface area (Å²) in [6.45, 7) is 4.28. The second kappa shape index (κ2) is 16.1. The Morgan fingerprint density at radius 1 is 1.04 bits per heavy atom. The van der Waals surface area contributed by atoms with Gasteiger partial charge < -0.3 is 38.8 Å². The Kier molecular flexibility index (Phi) is 12.2. The van der Waals surface area contributed by atoms with Crippen molar-refractivity contribution in [3.8, 4) is 11.5 Å². The second-order valence-electron chi connectivity index (χ2n) is 14.0. The van der Waals surface area contributed by atoms with Gasteiger partial charge in [0.15, 0.2) is 17.8 Å². The van der Waals surface area contributed by atoms with Gasteiger partial charge >= 0.3 is 12.2 Å². The molecule has 2 N–H and O–H groups in total. The lowest BCUT2D eigenvalue weighted by molar-refractivity contribution is -0.0906. The predicted octanol–water partition coefficient (Wildman–Crippen LogP) is 4.01. The summed E-state index contributed by atoms with van der Waals surface area (Å²) >= 11 is 0. The number of aliphatic hydroxyl groups is 1. The lowest BCUT2D eigenvalue weighted by Crippen LogP contribution is -2.58. The normalized spacial score (nSPS) is 21.1. The first-order valence-corrected chi connectivity index (χ1v) is 18.4. The minimum absolute atomic E-state index is 0.0223. The van der Waals surface area contributed by atoms with E-state index < -0.39 is 52.1 Å². The molecule has 2 amide bonds. The molecule has 5 atom stereocenters. The average Bonchev–Trinajstić information content (AvgIpc) is 3.82. The molecular formula is C35H49N3O11S. The number of nitrogens with zero attached hydrogens (tertiary/aromatic N) is 3. The number of ether oxygens (including phenoxy) is 5. The lowest BCUT2D eigenvalue weighted by atomic mass is 9.87. The molecule has 3 aliphatic heterocycles. The van der Waals surface area contributed by atoms with Gasteiger partial charge in [0.05, 0.1) is 42.9 Å². The molecule has 15 heteroatoms. The fourth-order valence-electron chi connectivity index (χ4n) is 6.85. The Hall–Kier alpha value is -3.63. The van der Waals surface area contributed by atoms with Crippen LogP contribution in [0.15, 0.2) is 53.4 Å². The zero-order chi connectivity index (χ0) is 36.1. The molecule has 2 aromatic carbocycles. The molecule has 276 valence electrons. The Morgan fingerprint density at radius 2 is 1.78 bits per heavy atom. The SMILES string of the molecule is CN(C)C(=O)OCCCCC(C)(C)CN(C[C@@H](O)[C@H](Cc1ccccc1)N(C(=O)O)[C@H]1CO[C@H]2OCC[C@H]21)S(=O)(=O)c1ccc2c(c1)OCO2. The van der Waals surface area contributed by atoms with Gasteiger partial charge in [-0.1, -0.05) is 44.2 Å². The average molecular weight is 720 g/mol. The number of hydrogen-bond donors (Lipinski definition) is 2. The number of carboxylic acid groups (broad SMARTS) is 1. The first kappa shape index (κ1) is 37.6. The first-order valence-electron chi connectivity index (χ1n) is 17.0. The van der Waals surface area contributed by atoms with Crippen LogP contribution in [0.25, 0.3) is 0 Å². The molecule has 2 aromatic rings. The molecule has 0 unspecified atom stereocenters. The molecule has 0 saturated carbocycles. The molecule has 0 aromatic heterocycles. The lowest BCUT2D eigenvalue weighted by Gasteiger charge is -2.40. The molecule has 2 saturated heterocycles. The van der Waals surface area contributed by atoms with E-state index in [0.717, 1.165) is 5.56 Å². The van der Waals surface area contributed by atoms with E-state index in [4.69, 9.17) is 23.7 Å². The summed E-state index contributed by atoms with van der Waals surface area (Å²) in [5.41, 5.74) is 0.213. The first-order chi connectivity index (χ1) is 23.8. The molecule has 0 aliphatic carbocycles. The standard InChI is InChI=1S/C35H49N3O11S/c1-35(2,15-8-9-16-46-34(42)36(3)4)22-37(50(43,44)25-12-13-30-31(19-25)49-23-48-30)20-29(39)27(18-24-10-6-5-7-11-24)38(33(40)41)28-21-47-32-26(28)14-17-45-32/h5-7,10-13,19,26-29,32,39H,8-9,14-18,20-23H2,1-4H3,(H,40,41)/t26-,27-,28-,29+,32+/m0/s1. The van der Waals surface area contributed by atoms with Crippen molar-refractivity contribution in [2.45, 2.75) is 75.3 Å². The number of amides is 2. The van der Waals surface area contributed by atoms with E-state index in [0.29, 0.717) is 43.8 Å². The largest absolute Gasteiger partial charge is 0.465 e. The van der Waals surface area contributed by atoms with Crippen LogP contribution in [0.1, 0.15) is 45.1 Å². The van der Waals surface area contributed by atoms with Crippen LogP contribution < -0.4 is 9.47 Å². The Balaban J connectivity index is 1.42. The van der Waals surface area contributed by atoms with Gasteiger partial charge in [0.1, 0.15) is 0 Å². The summed E-state index contributed by atoms with van der Waals surface area (Å²) in [7, 11) is -1.02. The molecule has 2 fully saturated rings. The van der Waals surface area contributed by atoms with E-state index in [1.54, 1.807) is 14.1 Å². The fraction of sp³-hybridized carbons (Fsp3) is 0.600. The summed E-state index contributed by atoms with van der Waals surface area (Å²) in [6.07, 6.45) is -1.01. The van der Waals surface area contributed by atoms with Crippen molar-refractivity contribution in [3.05, 3.63) is 54.1 Å². The minimum atomic E-state index is -4.24. The van der Waals surface area contributed by atoms with Gasteiger partial charge in [-0.15, -0.1) is 0 Å². The van der Waals surface area contributed by atoms with Crippen LogP contribution in [-0.4, -0.2) is 123 Å². The van der Waals surface area contributed by atoms with Crippen molar-refractivity contribution >= 4 is 22.2 Å². The van der Waals surface area contributed by atoms with E-state index in [1.807, 2.05) is 44.2 Å². The molecule has 14 nitrogen and oxygen atoms in total. The van der Waals surface area contributed by atoms with Gasteiger partial charge in [0.2, 0.25) is 16.8 Å². The third-order valence-corrected chi connectivity index (χ3v) is 11.3. The molecule has 0 radical (unpaired) electrons. The van der Waals surface area contributed by atoms with Crippen LogP contribution in [0.2, 0.25) is 0 Å². The number of sulfonamides is 1.